The fourth-order valence-electron chi connectivity index (χ4n) is 4.04. The molecule has 0 aromatic heterocycles. The Kier molecular flexibility index (Phi) is 5.21. The van der Waals surface area contributed by atoms with Gasteiger partial charge in [-0.1, -0.05) is 12.1 Å². The summed E-state index contributed by atoms with van der Waals surface area (Å²) in [7, 11) is -1.46. The molecule has 7 nitrogen and oxygen atoms in total. The minimum Gasteiger partial charge on any atom is -0.497 e. The van der Waals surface area contributed by atoms with Crippen LogP contribution in [0.5, 0.6) is 5.75 Å². The summed E-state index contributed by atoms with van der Waals surface area (Å²) in [6.07, 6.45) is 0.405. The maximum Gasteiger partial charge on any atom is 0.253 e. The number of piperazine rings is 1. The van der Waals surface area contributed by atoms with Crippen LogP contribution in [0.25, 0.3) is 10.8 Å². The number of ether oxygens (including phenoxy) is 1. The molecule has 2 amide bonds. The van der Waals surface area contributed by atoms with Gasteiger partial charge in [0.15, 0.2) is 9.84 Å². The summed E-state index contributed by atoms with van der Waals surface area (Å²) >= 11 is 0. The van der Waals surface area contributed by atoms with E-state index in [1.54, 1.807) is 16.9 Å². The highest BCUT2D eigenvalue weighted by molar-refractivity contribution is 7.91. The molecule has 0 radical (unpaired) electrons. The number of sulfone groups is 1. The molecule has 4 rings (SSSR count). The number of carbonyl (C=O) groups excluding carboxylic acids is 2. The van der Waals surface area contributed by atoms with Crippen LogP contribution < -0.4 is 4.74 Å². The minimum atomic E-state index is -3.08. The van der Waals surface area contributed by atoms with Crippen molar-refractivity contribution in [2.24, 2.45) is 5.92 Å². The van der Waals surface area contributed by atoms with Gasteiger partial charge in [0.1, 0.15) is 5.75 Å². The molecule has 154 valence electrons. The van der Waals surface area contributed by atoms with Crippen LogP contribution in [0, 0.1) is 5.92 Å². The van der Waals surface area contributed by atoms with Crippen molar-refractivity contribution in [3.63, 3.8) is 0 Å². The Hall–Kier alpha value is -2.61. The fraction of sp³-hybridized carbons (Fsp3) is 0.429. The van der Waals surface area contributed by atoms with Gasteiger partial charge in [-0.25, -0.2) is 8.42 Å². The van der Waals surface area contributed by atoms with Gasteiger partial charge in [0, 0.05) is 31.7 Å². The number of rotatable bonds is 3. The monoisotopic (exact) mass is 416 g/mol. The second-order valence-electron chi connectivity index (χ2n) is 7.65. The van der Waals surface area contributed by atoms with E-state index in [0.717, 1.165) is 16.5 Å². The second-order valence-corrected chi connectivity index (χ2v) is 9.87. The van der Waals surface area contributed by atoms with Gasteiger partial charge in [-0.2, -0.15) is 0 Å². The summed E-state index contributed by atoms with van der Waals surface area (Å²) in [6.45, 7) is 1.77. The van der Waals surface area contributed by atoms with Gasteiger partial charge in [-0.15, -0.1) is 0 Å². The largest absolute Gasteiger partial charge is 0.497 e. The van der Waals surface area contributed by atoms with E-state index in [9.17, 15) is 18.0 Å². The van der Waals surface area contributed by atoms with E-state index in [2.05, 4.69) is 0 Å². The van der Waals surface area contributed by atoms with Crippen molar-refractivity contribution in [1.29, 1.82) is 0 Å². The highest BCUT2D eigenvalue weighted by Crippen LogP contribution is 2.24. The molecule has 0 N–H and O–H groups in total. The second kappa shape index (κ2) is 7.67. The van der Waals surface area contributed by atoms with Crippen LogP contribution in [0.3, 0.4) is 0 Å². The van der Waals surface area contributed by atoms with E-state index in [-0.39, 0.29) is 23.3 Å². The first-order chi connectivity index (χ1) is 13.9. The lowest BCUT2D eigenvalue weighted by Crippen LogP contribution is -2.52. The van der Waals surface area contributed by atoms with E-state index < -0.39 is 15.8 Å². The maximum atomic E-state index is 12.9. The molecular formula is C21H24N2O5S. The van der Waals surface area contributed by atoms with Crippen molar-refractivity contribution in [2.75, 3.05) is 44.8 Å². The van der Waals surface area contributed by atoms with Crippen molar-refractivity contribution in [2.45, 2.75) is 6.42 Å². The van der Waals surface area contributed by atoms with Crippen LogP contribution in [0.15, 0.2) is 36.4 Å². The predicted octanol–water partition coefficient (Wildman–Crippen LogP) is 1.57. The third-order valence-corrected chi connectivity index (χ3v) is 7.52. The van der Waals surface area contributed by atoms with Crippen LogP contribution >= 0.6 is 0 Å². The van der Waals surface area contributed by atoms with Crippen LogP contribution in [0.2, 0.25) is 0 Å². The highest BCUT2D eigenvalue weighted by Gasteiger charge is 2.36. The van der Waals surface area contributed by atoms with Crippen molar-refractivity contribution in [1.82, 2.24) is 9.80 Å². The summed E-state index contributed by atoms with van der Waals surface area (Å²) in [5, 5.41) is 1.97. The highest BCUT2D eigenvalue weighted by atomic mass is 32.2. The Bertz CT molecular complexity index is 1060. The molecule has 0 unspecified atom stereocenters. The van der Waals surface area contributed by atoms with Crippen molar-refractivity contribution >= 4 is 32.4 Å². The molecule has 2 fully saturated rings. The zero-order chi connectivity index (χ0) is 20.6. The lowest BCUT2D eigenvalue weighted by molar-refractivity contribution is -0.136. The van der Waals surface area contributed by atoms with E-state index >= 15 is 0 Å². The Morgan fingerprint density at radius 1 is 0.966 bits per heavy atom. The quantitative estimate of drug-likeness (QED) is 0.758. The first-order valence-corrected chi connectivity index (χ1v) is 11.5. The molecule has 2 aromatic carbocycles. The number of carbonyl (C=O) groups is 2. The van der Waals surface area contributed by atoms with Gasteiger partial charge in [0.2, 0.25) is 5.91 Å². The first-order valence-electron chi connectivity index (χ1n) is 9.72. The molecule has 29 heavy (non-hydrogen) atoms. The third kappa shape index (κ3) is 4.07. The molecule has 0 bridgehead atoms. The molecular weight excluding hydrogens is 392 g/mol. The fourth-order valence-corrected chi connectivity index (χ4v) is 5.78. The van der Waals surface area contributed by atoms with Gasteiger partial charge in [-0.05, 0) is 41.5 Å². The predicted molar refractivity (Wildman–Crippen MR) is 110 cm³/mol. The van der Waals surface area contributed by atoms with Crippen molar-refractivity contribution in [3.05, 3.63) is 42.0 Å². The standard InChI is InChI=1S/C21H24N2O5S/c1-28-19-5-4-15-12-17(3-2-16(15)13-19)20(24)22-7-9-23(10-8-22)21(25)18-6-11-29(26,27)14-18/h2-5,12-13,18H,6-11,14H2,1H3/t18-/m0/s1. The minimum absolute atomic E-state index is 0.0488. The number of fused-ring (bicyclic) bond motifs is 1. The number of hydrogen-bond acceptors (Lipinski definition) is 5. The normalized spacial score (nSPS) is 21.3. The van der Waals surface area contributed by atoms with E-state index in [4.69, 9.17) is 4.74 Å². The van der Waals surface area contributed by atoms with Gasteiger partial charge in [0.05, 0.1) is 24.5 Å². The lowest BCUT2D eigenvalue weighted by Gasteiger charge is -2.36. The summed E-state index contributed by atoms with van der Waals surface area (Å²) in [4.78, 5) is 28.9. The Morgan fingerprint density at radius 3 is 2.28 bits per heavy atom. The third-order valence-electron chi connectivity index (χ3n) is 5.75. The van der Waals surface area contributed by atoms with Crippen molar-refractivity contribution in [3.8, 4) is 5.75 Å². The molecule has 2 heterocycles. The smallest absolute Gasteiger partial charge is 0.253 e. The molecule has 0 spiro atoms. The van der Waals surface area contributed by atoms with Crippen molar-refractivity contribution < 1.29 is 22.7 Å². The first kappa shape index (κ1) is 19.7. The number of hydrogen-bond donors (Lipinski definition) is 0. The van der Waals surface area contributed by atoms with Crippen LogP contribution in [-0.2, 0) is 14.6 Å². The Labute approximate surface area is 170 Å². The topological polar surface area (TPSA) is 84.0 Å². The maximum absolute atomic E-state index is 12.9. The zero-order valence-electron chi connectivity index (χ0n) is 16.3. The van der Waals surface area contributed by atoms with Gasteiger partial charge >= 0.3 is 0 Å². The molecule has 2 aromatic rings. The number of methoxy groups -OCH3 is 1. The van der Waals surface area contributed by atoms with E-state index in [1.807, 2.05) is 36.4 Å². The summed E-state index contributed by atoms with van der Waals surface area (Å²) in [5.74, 6) is 0.228. The summed E-state index contributed by atoms with van der Waals surface area (Å²) < 4.78 is 28.5. The SMILES string of the molecule is COc1ccc2cc(C(=O)N3CCN(C(=O)[C@H]4CCS(=O)(=O)C4)CC3)ccc2c1. The molecule has 2 aliphatic heterocycles. The van der Waals surface area contributed by atoms with Crippen LogP contribution in [0.1, 0.15) is 16.8 Å². The number of benzene rings is 2. The van der Waals surface area contributed by atoms with Gasteiger partial charge in [-0.3, -0.25) is 9.59 Å². The molecule has 1 atom stereocenters. The van der Waals surface area contributed by atoms with E-state index in [0.29, 0.717) is 38.2 Å². The summed E-state index contributed by atoms with van der Waals surface area (Å²) in [5.41, 5.74) is 0.615. The molecule has 0 aliphatic carbocycles. The van der Waals surface area contributed by atoms with Crippen LogP contribution in [-0.4, -0.2) is 74.8 Å². The Morgan fingerprint density at radius 2 is 1.62 bits per heavy atom. The average Bonchev–Trinajstić information content (AvgIpc) is 3.11. The molecule has 0 saturated carbocycles. The summed E-state index contributed by atoms with van der Waals surface area (Å²) in [6, 6.07) is 11.3. The Balaban J connectivity index is 1.40. The average molecular weight is 416 g/mol. The molecule has 2 aliphatic rings. The lowest BCUT2D eigenvalue weighted by atomic mass is 10.0. The molecule has 2 saturated heterocycles. The zero-order valence-corrected chi connectivity index (χ0v) is 17.2. The van der Waals surface area contributed by atoms with Gasteiger partial charge in [0.25, 0.3) is 5.91 Å². The number of nitrogens with zero attached hydrogens (tertiary/aromatic N) is 2. The van der Waals surface area contributed by atoms with E-state index in [1.165, 1.54) is 0 Å². The number of amides is 2. The van der Waals surface area contributed by atoms with Crippen LogP contribution in [0.4, 0.5) is 0 Å². The van der Waals surface area contributed by atoms with Gasteiger partial charge < -0.3 is 14.5 Å². The molecule has 8 heteroatoms.